The summed E-state index contributed by atoms with van der Waals surface area (Å²) in [4.78, 5) is 5.54. The van der Waals surface area contributed by atoms with Gasteiger partial charge in [0.05, 0.1) is 4.34 Å². The average Bonchev–Trinajstić information content (AvgIpc) is 2.64. The van der Waals surface area contributed by atoms with Crippen LogP contribution in [-0.4, -0.2) is 11.5 Å². The molecule has 4 heteroatoms. The van der Waals surface area contributed by atoms with Crippen LogP contribution in [0.5, 0.6) is 0 Å². The lowest BCUT2D eigenvalue weighted by atomic mass is 10.3. The smallest absolute Gasteiger partial charge is 0.126 e. The Labute approximate surface area is 104 Å². The molecule has 0 saturated carbocycles. The lowest BCUT2D eigenvalue weighted by Crippen LogP contribution is -2.05. The number of pyridine rings is 1. The summed E-state index contributed by atoms with van der Waals surface area (Å²) in [7, 11) is 0. The zero-order valence-corrected chi connectivity index (χ0v) is 10.6. The SMILES string of the molecule is Cc1ccnc(NCCc2ccc(Cl)s2)c1. The fourth-order valence-corrected chi connectivity index (χ4v) is 2.52. The highest BCUT2D eigenvalue weighted by atomic mass is 35.5. The van der Waals surface area contributed by atoms with Crippen LogP contribution in [0.3, 0.4) is 0 Å². The molecule has 2 aromatic rings. The van der Waals surface area contributed by atoms with E-state index in [9.17, 15) is 0 Å². The molecule has 0 atom stereocenters. The first-order valence-electron chi connectivity index (χ1n) is 5.15. The molecule has 0 aliphatic rings. The minimum atomic E-state index is 0.851. The maximum atomic E-state index is 5.86. The van der Waals surface area contributed by atoms with Crippen molar-refractivity contribution < 1.29 is 0 Å². The molecule has 2 nitrogen and oxygen atoms in total. The van der Waals surface area contributed by atoms with Gasteiger partial charge in [0.1, 0.15) is 5.82 Å². The number of hydrogen-bond donors (Lipinski definition) is 1. The molecule has 2 aromatic heterocycles. The molecule has 2 heterocycles. The standard InChI is InChI=1S/C12H13ClN2S/c1-9-4-6-14-12(8-9)15-7-5-10-2-3-11(13)16-10/h2-4,6,8H,5,7H2,1H3,(H,14,15). The second-order valence-electron chi connectivity index (χ2n) is 3.60. The number of rotatable bonds is 4. The summed E-state index contributed by atoms with van der Waals surface area (Å²) in [5, 5.41) is 3.30. The highest BCUT2D eigenvalue weighted by Gasteiger charge is 1.98. The lowest BCUT2D eigenvalue weighted by Gasteiger charge is -2.04. The third kappa shape index (κ3) is 3.22. The zero-order chi connectivity index (χ0) is 11.4. The third-order valence-electron chi connectivity index (χ3n) is 2.22. The second-order valence-corrected chi connectivity index (χ2v) is 5.40. The van der Waals surface area contributed by atoms with Crippen LogP contribution in [0.1, 0.15) is 10.4 Å². The van der Waals surface area contributed by atoms with Gasteiger partial charge in [-0.2, -0.15) is 0 Å². The van der Waals surface area contributed by atoms with Crippen molar-refractivity contribution in [3.05, 3.63) is 45.2 Å². The predicted molar refractivity (Wildman–Crippen MR) is 70.5 cm³/mol. The van der Waals surface area contributed by atoms with Crippen molar-refractivity contribution in [3.8, 4) is 0 Å². The fourth-order valence-electron chi connectivity index (χ4n) is 1.43. The molecule has 0 aliphatic carbocycles. The first kappa shape index (κ1) is 11.4. The van der Waals surface area contributed by atoms with Gasteiger partial charge in [0, 0.05) is 17.6 Å². The van der Waals surface area contributed by atoms with E-state index in [4.69, 9.17) is 11.6 Å². The van der Waals surface area contributed by atoms with Crippen LogP contribution >= 0.6 is 22.9 Å². The summed E-state index contributed by atoms with van der Waals surface area (Å²) < 4.78 is 0.851. The molecule has 0 saturated heterocycles. The molecule has 0 aromatic carbocycles. The number of hydrogen-bond acceptors (Lipinski definition) is 3. The summed E-state index contributed by atoms with van der Waals surface area (Å²) >= 11 is 7.49. The van der Waals surface area contributed by atoms with E-state index in [1.165, 1.54) is 10.4 Å². The molecular formula is C12H13ClN2S. The Balaban J connectivity index is 1.84. The van der Waals surface area contributed by atoms with Crippen LogP contribution < -0.4 is 5.32 Å². The van der Waals surface area contributed by atoms with Gasteiger partial charge in [-0.3, -0.25) is 0 Å². The van der Waals surface area contributed by atoms with Gasteiger partial charge in [-0.05, 0) is 43.2 Å². The fraction of sp³-hybridized carbons (Fsp3) is 0.250. The highest BCUT2D eigenvalue weighted by Crippen LogP contribution is 2.21. The maximum absolute atomic E-state index is 5.86. The van der Waals surface area contributed by atoms with Crippen molar-refractivity contribution in [1.82, 2.24) is 4.98 Å². The molecule has 0 aliphatic heterocycles. The summed E-state index contributed by atoms with van der Waals surface area (Å²) in [6.45, 7) is 2.94. The number of aromatic nitrogens is 1. The monoisotopic (exact) mass is 252 g/mol. The molecule has 16 heavy (non-hydrogen) atoms. The summed E-state index contributed by atoms with van der Waals surface area (Å²) in [6, 6.07) is 8.04. The normalized spacial score (nSPS) is 10.4. The number of halogens is 1. The molecular weight excluding hydrogens is 240 g/mol. The van der Waals surface area contributed by atoms with Gasteiger partial charge < -0.3 is 5.32 Å². The molecule has 0 bridgehead atoms. The van der Waals surface area contributed by atoms with E-state index in [2.05, 4.69) is 23.3 Å². The lowest BCUT2D eigenvalue weighted by molar-refractivity contribution is 1.03. The van der Waals surface area contributed by atoms with E-state index < -0.39 is 0 Å². The first-order valence-corrected chi connectivity index (χ1v) is 6.34. The van der Waals surface area contributed by atoms with Crippen LogP contribution in [0.2, 0.25) is 4.34 Å². The van der Waals surface area contributed by atoms with Crippen molar-refractivity contribution in [2.24, 2.45) is 0 Å². The van der Waals surface area contributed by atoms with Gasteiger partial charge in [0.2, 0.25) is 0 Å². The van der Waals surface area contributed by atoms with E-state index in [0.717, 1.165) is 23.1 Å². The zero-order valence-electron chi connectivity index (χ0n) is 9.03. The van der Waals surface area contributed by atoms with Crippen molar-refractivity contribution in [2.75, 3.05) is 11.9 Å². The molecule has 0 fully saturated rings. The van der Waals surface area contributed by atoms with Crippen LogP contribution in [0, 0.1) is 6.92 Å². The van der Waals surface area contributed by atoms with Gasteiger partial charge in [-0.1, -0.05) is 11.6 Å². The van der Waals surface area contributed by atoms with Gasteiger partial charge in [0.25, 0.3) is 0 Å². The average molecular weight is 253 g/mol. The molecule has 0 amide bonds. The van der Waals surface area contributed by atoms with Gasteiger partial charge in [-0.25, -0.2) is 4.98 Å². The largest absolute Gasteiger partial charge is 0.370 e. The number of anilines is 1. The van der Waals surface area contributed by atoms with Crippen LogP contribution in [0.4, 0.5) is 5.82 Å². The van der Waals surface area contributed by atoms with Gasteiger partial charge >= 0.3 is 0 Å². The summed E-state index contributed by atoms with van der Waals surface area (Å²) in [6.07, 6.45) is 2.80. The Morgan fingerprint density at radius 1 is 1.38 bits per heavy atom. The number of aryl methyl sites for hydroxylation is 1. The first-order chi connectivity index (χ1) is 7.74. The van der Waals surface area contributed by atoms with Crippen LogP contribution in [0.25, 0.3) is 0 Å². The van der Waals surface area contributed by atoms with E-state index in [1.807, 2.05) is 24.4 Å². The third-order valence-corrected chi connectivity index (χ3v) is 3.51. The molecule has 0 unspecified atom stereocenters. The highest BCUT2D eigenvalue weighted by molar-refractivity contribution is 7.16. The van der Waals surface area contributed by atoms with Crippen molar-refractivity contribution >= 4 is 28.8 Å². The van der Waals surface area contributed by atoms with E-state index in [-0.39, 0.29) is 0 Å². The Kier molecular flexibility index (Phi) is 3.80. The predicted octanol–water partition coefficient (Wildman–Crippen LogP) is 3.76. The minimum Gasteiger partial charge on any atom is -0.370 e. The Morgan fingerprint density at radius 3 is 2.94 bits per heavy atom. The molecule has 2 rings (SSSR count). The van der Waals surface area contributed by atoms with Crippen LogP contribution in [0.15, 0.2) is 30.5 Å². The van der Waals surface area contributed by atoms with Crippen molar-refractivity contribution in [3.63, 3.8) is 0 Å². The quantitative estimate of drug-likeness (QED) is 0.896. The Hall–Kier alpha value is -1.06. The summed E-state index contributed by atoms with van der Waals surface area (Å²) in [5.74, 6) is 0.933. The molecule has 84 valence electrons. The Bertz CT molecular complexity index is 468. The van der Waals surface area contributed by atoms with E-state index in [1.54, 1.807) is 11.3 Å². The summed E-state index contributed by atoms with van der Waals surface area (Å²) in [5.41, 5.74) is 1.22. The number of thiophene rings is 1. The van der Waals surface area contributed by atoms with Gasteiger partial charge in [-0.15, -0.1) is 11.3 Å². The van der Waals surface area contributed by atoms with Crippen molar-refractivity contribution in [2.45, 2.75) is 13.3 Å². The minimum absolute atomic E-state index is 0.851. The number of nitrogens with zero attached hydrogens (tertiary/aromatic N) is 1. The maximum Gasteiger partial charge on any atom is 0.126 e. The van der Waals surface area contributed by atoms with E-state index >= 15 is 0 Å². The van der Waals surface area contributed by atoms with Gasteiger partial charge in [0.15, 0.2) is 0 Å². The molecule has 0 radical (unpaired) electrons. The topological polar surface area (TPSA) is 24.9 Å². The van der Waals surface area contributed by atoms with Crippen LogP contribution in [-0.2, 0) is 6.42 Å². The Morgan fingerprint density at radius 2 is 2.25 bits per heavy atom. The van der Waals surface area contributed by atoms with E-state index in [0.29, 0.717) is 0 Å². The molecule has 1 N–H and O–H groups in total. The second kappa shape index (κ2) is 5.32. The molecule has 0 spiro atoms. The number of nitrogens with one attached hydrogen (secondary N) is 1. The van der Waals surface area contributed by atoms with Crippen molar-refractivity contribution in [1.29, 1.82) is 0 Å².